The number of hydrogen-bond acceptors (Lipinski definition) is 2. The summed E-state index contributed by atoms with van der Waals surface area (Å²) in [6, 6.07) is 14.6. The summed E-state index contributed by atoms with van der Waals surface area (Å²) >= 11 is 6.05. The van der Waals surface area contributed by atoms with Crippen molar-refractivity contribution in [3.05, 3.63) is 64.7 Å². The van der Waals surface area contributed by atoms with Gasteiger partial charge in [0, 0.05) is 10.6 Å². The van der Waals surface area contributed by atoms with Crippen molar-refractivity contribution >= 4 is 11.6 Å². The third-order valence-corrected chi connectivity index (χ3v) is 2.95. The highest BCUT2D eigenvalue weighted by atomic mass is 35.5. The molecule has 2 rings (SSSR count). The molecule has 0 spiro atoms. The molecule has 0 radical (unpaired) electrons. The predicted octanol–water partition coefficient (Wildman–Crippen LogP) is 3.43. The van der Waals surface area contributed by atoms with Crippen LogP contribution in [-0.2, 0) is 0 Å². The molecule has 1 atom stereocenters. The van der Waals surface area contributed by atoms with E-state index in [-0.39, 0.29) is 0 Å². The number of methoxy groups -OCH3 is 1. The Morgan fingerprint density at radius 2 is 1.88 bits per heavy atom. The Morgan fingerprint density at radius 3 is 2.59 bits per heavy atom. The molecule has 0 amide bonds. The molecule has 17 heavy (non-hydrogen) atoms. The molecule has 2 aromatic carbocycles. The Labute approximate surface area is 105 Å². The van der Waals surface area contributed by atoms with E-state index in [2.05, 4.69) is 0 Å². The minimum atomic E-state index is -0.737. The van der Waals surface area contributed by atoms with Crippen molar-refractivity contribution in [1.29, 1.82) is 0 Å². The first-order valence-corrected chi connectivity index (χ1v) is 5.66. The SMILES string of the molecule is COc1cccc(C(O)c2ccccc2Cl)c1. The average Bonchev–Trinajstić information content (AvgIpc) is 2.38. The van der Waals surface area contributed by atoms with Crippen LogP contribution in [0.1, 0.15) is 17.2 Å². The number of halogens is 1. The summed E-state index contributed by atoms with van der Waals surface area (Å²) in [5.74, 6) is 0.716. The van der Waals surface area contributed by atoms with Crippen molar-refractivity contribution in [2.75, 3.05) is 7.11 Å². The fourth-order valence-corrected chi connectivity index (χ4v) is 1.93. The monoisotopic (exact) mass is 248 g/mol. The Kier molecular flexibility index (Phi) is 3.67. The van der Waals surface area contributed by atoms with Crippen LogP contribution in [0.5, 0.6) is 5.75 Å². The number of hydrogen-bond donors (Lipinski definition) is 1. The topological polar surface area (TPSA) is 29.5 Å². The average molecular weight is 249 g/mol. The molecule has 0 aliphatic carbocycles. The molecule has 2 nitrogen and oxygen atoms in total. The normalized spacial score (nSPS) is 12.2. The van der Waals surface area contributed by atoms with E-state index in [1.807, 2.05) is 36.4 Å². The molecule has 3 heteroatoms. The zero-order valence-corrected chi connectivity index (χ0v) is 10.2. The minimum absolute atomic E-state index is 0.558. The van der Waals surface area contributed by atoms with Crippen molar-refractivity contribution in [3.8, 4) is 5.75 Å². The molecule has 1 N–H and O–H groups in total. The second-order valence-corrected chi connectivity index (χ2v) is 4.11. The molecule has 1 unspecified atom stereocenters. The van der Waals surface area contributed by atoms with E-state index in [9.17, 15) is 5.11 Å². The van der Waals surface area contributed by atoms with Crippen LogP contribution in [0.15, 0.2) is 48.5 Å². The molecule has 0 heterocycles. The summed E-state index contributed by atoms with van der Waals surface area (Å²) in [5, 5.41) is 10.8. The summed E-state index contributed by atoms with van der Waals surface area (Å²) in [4.78, 5) is 0. The maximum absolute atomic E-state index is 10.3. The molecule has 0 aromatic heterocycles. The van der Waals surface area contributed by atoms with Gasteiger partial charge in [-0.1, -0.05) is 41.9 Å². The smallest absolute Gasteiger partial charge is 0.119 e. The molecule has 0 aliphatic heterocycles. The van der Waals surface area contributed by atoms with E-state index in [4.69, 9.17) is 16.3 Å². The van der Waals surface area contributed by atoms with Crippen LogP contribution in [0.25, 0.3) is 0 Å². The summed E-state index contributed by atoms with van der Waals surface area (Å²) in [7, 11) is 1.60. The van der Waals surface area contributed by atoms with Crippen LogP contribution in [0, 0.1) is 0 Å². The second-order valence-electron chi connectivity index (χ2n) is 3.70. The minimum Gasteiger partial charge on any atom is -0.497 e. The Hall–Kier alpha value is -1.51. The van der Waals surface area contributed by atoms with Crippen molar-refractivity contribution < 1.29 is 9.84 Å². The fraction of sp³-hybridized carbons (Fsp3) is 0.143. The number of ether oxygens (including phenoxy) is 1. The predicted molar refractivity (Wildman–Crippen MR) is 68.5 cm³/mol. The molecule has 0 aliphatic rings. The highest BCUT2D eigenvalue weighted by Crippen LogP contribution is 2.29. The van der Waals surface area contributed by atoms with Crippen LogP contribution in [0.3, 0.4) is 0 Å². The summed E-state index contributed by atoms with van der Waals surface area (Å²) in [6.07, 6.45) is -0.737. The summed E-state index contributed by atoms with van der Waals surface area (Å²) in [6.45, 7) is 0. The lowest BCUT2D eigenvalue weighted by atomic mass is 10.0. The Bertz CT molecular complexity index is 511. The first-order chi connectivity index (χ1) is 8.22. The zero-order valence-electron chi connectivity index (χ0n) is 9.43. The van der Waals surface area contributed by atoms with Gasteiger partial charge in [0.2, 0.25) is 0 Å². The lowest BCUT2D eigenvalue weighted by Crippen LogP contribution is -2.00. The number of benzene rings is 2. The van der Waals surface area contributed by atoms with Crippen molar-refractivity contribution in [3.63, 3.8) is 0 Å². The van der Waals surface area contributed by atoms with Gasteiger partial charge in [-0.25, -0.2) is 0 Å². The van der Waals surface area contributed by atoms with E-state index < -0.39 is 6.10 Å². The van der Waals surface area contributed by atoms with Crippen LogP contribution < -0.4 is 4.74 Å². The quantitative estimate of drug-likeness (QED) is 0.902. The first-order valence-electron chi connectivity index (χ1n) is 5.29. The van der Waals surface area contributed by atoms with Crippen molar-refractivity contribution in [1.82, 2.24) is 0 Å². The van der Waals surface area contributed by atoms with E-state index in [0.29, 0.717) is 16.3 Å². The molecule has 88 valence electrons. The van der Waals surface area contributed by atoms with Gasteiger partial charge in [0.15, 0.2) is 0 Å². The number of aliphatic hydroxyl groups is 1. The Balaban J connectivity index is 2.37. The van der Waals surface area contributed by atoms with Crippen molar-refractivity contribution in [2.24, 2.45) is 0 Å². The molecule has 0 fully saturated rings. The molecule has 0 bridgehead atoms. The van der Waals surface area contributed by atoms with Gasteiger partial charge in [-0.3, -0.25) is 0 Å². The summed E-state index contributed by atoms with van der Waals surface area (Å²) < 4.78 is 5.13. The van der Waals surface area contributed by atoms with E-state index >= 15 is 0 Å². The van der Waals surface area contributed by atoms with Gasteiger partial charge in [-0.05, 0) is 23.8 Å². The number of aliphatic hydroxyl groups excluding tert-OH is 1. The van der Waals surface area contributed by atoms with Gasteiger partial charge in [0.05, 0.1) is 7.11 Å². The van der Waals surface area contributed by atoms with E-state index in [1.165, 1.54) is 0 Å². The van der Waals surface area contributed by atoms with Gasteiger partial charge < -0.3 is 9.84 Å². The molecule has 0 saturated heterocycles. The highest BCUT2D eigenvalue weighted by molar-refractivity contribution is 6.31. The van der Waals surface area contributed by atoms with E-state index in [0.717, 1.165) is 5.56 Å². The maximum Gasteiger partial charge on any atom is 0.119 e. The second kappa shape index (κ2) is 5.21. The van der Waals surface area contributed by atoms with Gasteiger partial charge in [-0.15, -0.1) is 0 Å². The third kappa shape index (κ3) is 2.60. The molecule has 0 saturated carbocycles. The fourth-order valence-electron chi connectivity index (χ4n) is 1.69. The highest BCUT2D eigenvalue weighted by Gasteiger charge is 2.13. The van der Waals surface area contributed by atoms with Crippen LogP contribution in [-0.4, -0.2) is 12.2 Å². The zero-order chi connectivity index (χ0) is 12.3. The first kappa shape index (κ1) is 12.0. The van der Waals surface area contributed by atoms with Crippen LogP contribution >= 0.6 is 11.6 Å². The third-order valence-electron chi connectivity index (χ3n) is 2.61. The largest absolute Gasteiger partial charge is 0.497 e. The maximum atomic E-state index is 10.3. The van der Waals surface area contributed by atoms with Gasteiger partial charge in [0.1, 0.15) is 11.9 Å². The van der Waals surface area contributed by atoms with Crippen LogP contribution in [0.2, 0.25) is 5.02 Å². The van der Waals surface area contributed by atoms with Gasteiger partial charge in [0.25, 0.3) is 0 Å². The Morgan fingerprint density at radius 1 is 1.12 bits per heavy atom. The van der Waals surface area contributed by atoms with E-state index in [1.54, 1.807) is 19.2 Å². The number of rotatable bonds is 3. The summed E-state index contributed by atoms with van der Waals surface area (Å²) in [5.41, 5.74) is 1.46. The van der Waals surface area contributed by atoms with Gasteiger partial charge >= 0.3 is 0 Å². The lowest BCUT2D eigenvalue weighted by Gasteiger charge is -2.13. The lowest BCUT2D eigenvalue weighted by molar-refractivity contribution is 0.220. The van der Waals surface area contributed by atoms with Crippen molar-refractivity contribution in [2.45, 2.75) is 6.10 Å². The molecular weight excluding hydrogens is 236 g/mol. The van der Waals surface area contributed by atoms with Gasteiger partial charge in [-0.2, -0.15) is 0 Å². The standard InChI is InChI=1S/C14H13ClO2/c1-17-11-6-4-5-10(9-11)14(16)12-7-2-3-8-13(12)15/h2-9,14,16H,1H3. The molecular formula is C14H13ClO2. The molecule has 2 aromatic rings. The van der Waals surface area contributed by atoms with Crippen LogP contribution in [0.4, 0.5) is 0 Å².